The van der Waals surface area contributed by atoms with E-state index in [4.69, 9.17) is 5.26 Å². The van der Waals surface area contributed by atoms with Crippen LogP contribution in [0.5, 0.6) is 0 Å². The lowest BCUT2D eigenvalue weighted by Gasteiger charge is -2.02. The number of hydrogen-bond donors (Lipinski definition) is 1. The maximum Gasteiger partial charge on any atom is 0.269 e. The highest BCUT2D eigenvalue weighted by molar-refractivity contribution is 7.13. The van der Waals surface area contributed by atoms with Crippen LogP contribution in [-0.4, -0.2) is 14.9 Å². The number of pyridine rings is 1. The fourth-order valence-corrected chi connectivity index (χ4v) is 3.05. The van der Waals surface area contributed by atoms with Gasteiger partial charge in [-0.3, -0.25) is 14.9 Å². The van der Waals surface area contributed by atoms with Crippen LogP contribution in [0.4, 0.5) is 5.69 Å². The number of aromatic amines is 1. The SMILES string of the molecule is Cc1[nH]c(=O)c(C#N)cc1-c1csc(-c2ccc([N+](=O)[O-])cc2)n1. The van der Waals surface area contributed by atoms with Gasteiger partial charge in [0.05, 0.1) is 10.6 Å². The molecular weight excluding hydrogens is 328 g/mol. The maximum absolute atomic E-state index is 11.6. The Morgan fingerprint density at radius 2 is 2.04 bits per heavy atom. The highest BCUT2D eigenvalue weighted by Gasteiger charge is 2.13. The van der Waals surface area contributed by atoms with Crippen molar-refractivity contribution < 1.29 is 4.92 Å². The van der Waals surface area contributed by atoms with Gasteiger partial charge in [-0.05, 0) is 25.1 Å². The molecule has 0 saturated heterocycles. The molecular formula is C16H10N4O3S. The van der Waals surface area contributed by atoms with E-state index >= 15 is 0 Å². The monoisotopic (exact) mass is 338 g/mol. The lowest BCUT2D eigenvalue weighted by Crippen LogP contribution is -2.11. The number of nitro groups is 1. The molecule has 0 saturated carbocycles. The molecule has 0 aliphatic rings. The summed E-state index contributed by atoms with van der Waals surface area (Å²) in [5.74, 6) is 0. The zero-order chi connectivity index (χ0) is 17.3. The van der Waals surface area contributed by atoms with Crippen molar-refractivity contribution in [1.82, 2.24) is 9.97 Å². The molecule has 0 unspecified atom stereocenters. The summed E-state index contributed by atoms with van der Waals surface area (Å²) in [6, 6.07) is 9.50. The van der Waals surface area contributed by atoms with Crippen LogP contribution < -0.4 is 5.56 Å². The first kappa shape index (κ1) is 15.6. The molecule has 7 nitrogen and oxygen atoms in total. The van der Waals surface area contributed by atoms with Crippen molar-refractivity contribution in [3.8, 4) is 27.9 Å². The molecule has 118 valence electrons. The Bertz CT molecular complexity index is 1030. The molecule has 3 rings (SSSR count). The molecule has 0 atom stereocenters. The summed E-state index contributed by atoms with van der Waals surface area (Å²) in [6.45, 7) is 1.74. The third kappa shape index (κ3) is 2.80. The highest BCUT2D eigenvalue weighted by atomic mass is 32.1. The number of nitrogens with one attached hydrogen (secondary N) is 1. The average Bonchev–Trinajstić information content (AvgIpc) is 3.05. The molecule has 2 heterocycles. The van der Waals surface area contributed by atoms with E-state index in [0.29, 0.717) is 22.0 Å². The van der Waals surface area contributed by atoms with Gasteiger partial charge in [-0.1, -0.05) is 0 Å². The van der Waals surface area contributed by atoms with Gasteiger partial charge in [-0.15, -0.1) is 11.3 Å². The minimum atomic E-state index is -0.454. The van der Waals surface area contributed by atoms with Crippen LogP contribution in [0.1, 0.15) is 11.3 Å². The lowest BCUT2D eigenvalue weighted by atomic mass is 10.1. The quantitative estimate of drug-likeness (QED) is 0.582. The van der Waals surface area contributed by atoms with E-state index in [1.54, 1.807) is 19.1 Å². The minimum Gasteiger partial charge on any atom is -0.325 e. The maximum atomic E-state index is 11.6. The summed E-state index contributed by atoms with van der Waals surface area (Å²) in [4.78, 5) is 29.0. The molecule has 0 bridgehead atoms. The van der Waals surface area contributed by atoms with Gasteiger partial charge in [0, 0.05) is 34.3 Å². The van der Waals surface area contributed by atoms with Crippen LogP contribution in [0.2, 0.25) is 0 Å². The number of nitro benzene ring substituents is 1. The van der Waals surface area contributed by atoms with Gasteiger partial charge in [0.25, 0.3) is 11.2 Å². The van der Waals surface area contributed by atoms with Crippen molar-refractivity contribution in [2.75, 3.05) is 0 Å². The van der Waals surface area contributed by atoms with Crippen molar-refractivity contribution in [3.63, 3.8) is 0 Å². The van der Waals surface area contributed by atoms with Crippen LogP contribution in [0.15, 0.2) is 40.5 Å². The number of non-ortho nitro benzene ring substituents is 1. The molecule has 2 aromatic heterocycles. The number of rotatable bonds is 3. The largest absolute Gasteiger partial charge is 0.325 e. The second-order valence-corrected chi connectivity index (χ2v) is 5.86. The Hall–Kier alpha value is -3.31. The van der Waals surface area contributed by atoms with Crippen molar-refractivity contribution in [2.24, 2.45) is 0 Å². The van der Waals surface area contributed by atoms with Gasteiger partial charge in [-0.2, -0.15) is 5.26 Å². The Kier molecular flexibility index (Phi) is 3.93. The average molecular weight is 338 g/mol. The summed E-state index contributed by atoms with van der Waals surface area (Å²) in [6.07, 6.45) is 0. The summed E-state index contributed by atoms with van der Waals surface area (Å²) in [5, 5.41) is 22.2. The highest BCUT2D eigenvalue weighted by Crippen LogP contribution is 2.30. The number of hydrogen-bond acceptors (Lipinski definition) is 6. The van der Waals surface area contributed by atoms with Crippen LogP contribution >= 0.6 is 11.3 Å². The van der Waals surface area contributed by atoms with E-state index in [-0.39, 0.29) is 11.3 Å². The minimum absolute atomic E-state index is 0.0191. The fraction of sp³-hybridized carbons (Fsp3) is 0.0625. The molecule has 0 spiro atoms. The second-order valence-electron chi connectivity index (χ2n) is 5.00. The van der Waals surface area contributed by atoms with E-state index in [1.807, 2.05) is 11.4 Å². The Balaban J connectivity index is 2.01. The van der Waals surface area contributed by atoms with Crippen molar-refractivity contribution >= 4 is 17.0 Å². The molecule has 0 aliphatic heterocycles. The molecule has 24 heavy (non-hydrogen) atoms. The number of aromatic nitrogens is 2. The first-order chi connectivity index (χ1) is 11.5. The van der Waals surface area contributed by atoms with E-state index < -0.39 is 10.5 Å². The number of thiazole rings is 1. The standard InChI is InChI=1S/C16H10N4O3S/c1-9-13(6-11(7-17)15(21)18-9)14-8-24-16(19-14)10-2-4-12(5-3-10)20(22)23/h2-6,8H,1H3,(H,18,21). The van der Waals surface area contributed by atoms with Gasteiger partial charge < -0.3 is 4.98 Å². The van der Waals surface area contributed by atoms with Crippen molar-refractivity contribution in [1.29, 1.82) is 5.26 Å². The Morgan fingerprint density at radius 3 is 2.67 bits per heavy atom. The van der Waals surface area contributed by atoms with Crippen LogP contribution in [0, 0.1) is 28.4 Å². The Morgan fingerprint density at radius 1 is 1.33 bits per heavy atom. The van der Waals surface area contributed by atoms with Crippen molar-refractivity contribution in [2.45, 2.75) is 6.92 Å². The topological polar surface area (TPSA) is 113 Å². The van der Waals surface area contributed by atoms with E-state index in [0.717, 1.165) is 5.56 Å². The molecule has 0 radical (unpaired) electrons. The third-order valence-corrected chi connectivity index (χ3v) is 4.36. The van der Waals surface area contributed by atoms with Crippen LogP contribution in [0.3, 0.4) is 0 Å². The summed E-state index contributed by atoms with van der Waals surface area (Å²) >= 11 is 1.38. The zero-order valence-electron chi connectivity index (χ0n) is 12.4. The fourth-order valence-electron chi connectivity index (χ4n) is 2.23. The van der Waals surface area contributed by atoms with E-state index in [9.17, 15) is 14.9 Å². The van der Waals surface area contributed by atoms with Gasteiger partial charge in [0.1, 0.15) is 16.6 Å². The van der Waals surface area contributed by atoms with Crippen LogP contribution in [0.25, 0.3) is 21.8 Å². The predicted octanol–water partition coefficient (Wildman–Crippen LogP) is 3.25. The molecule has 0 aliphatic carbocycles. The number of benzene rings is 1. The number of aryl methyl sites for hydroxylation is 1. The predicted molar refractivity (Wildman–Crippen MR) is 89.7 cm³/mol. The first-order valence-corrected chi connectivity index (χ1v) is 7.72. The van der Waals surface area contributed by atoms with Gasteiger partial charge in [0.15, 0.2) is 0 Å². The summed E-state index contributed by atoms with van der Waals surface area (Å²) in [5.41, 5.74) is 2.32. The first-order valence-electron chi connectivity index (χ1n) is 6.84. The third-order valence-electron chi connectivity index (χ3n) is 3.46. The molecule has 8 heteroatoms. The van der Waals surface area contributed by atoms with Crippen LogP contribution in [-0.2, 0) is 0 Å². The van der Waals surface area contributed by atoms with Gasteiger partial charge in [-0.25, -0.2) is 4.98 Å². The number of nitriles is 1. The molecule has 0 amide bonds. The molecule has 1 N–H and O–H groups in total. The Labute approximate surface area is 140 Å². The number of H-pyrrole nitrogens is 1. The second kappa shape index (κ2) is 6.06. The summed E-state index contributed by atoms with van der Waals surface area (Å²) < 4.78 is 0. The zero-order valence-corrected chi connectivity index (χ0v) is 13.3. The summed E-state index contributed by atoms with van der Waals surface area (Å²) in [7, 11) is 0. The van der Waals surface area contributed by atoms with Crippen molar-refractivity contribution in [3.05, 3.63) is 67.4 Å². The lowest BCUT2D eigenvalue weighted by molar-refractivity contribution is -0.384. The smallest absolute Gasteiger partial charge is 0.269 e. The number of nitrogens with zero attached hydrogens (tertiary/aromatic N) is 3. The normalized spacial score (nSPS) is 10.3. The van der Waals surface area contributed by atoms with Gasteiger partial charge >= 0.3 is 0 Å². The van der Waals surface area contributed by atoms with E-state index in [2.05, 4.69) is 9.97 Å². The molecule has 0 fully saturated rings. The van der Waals surface area contributed by atoms with Gasteiger partial charge in [0.2, 0.25) is 0 Å². The molecule has 1 aromatic carbocycles. The molecule has 3 aromatic rings. The van der Waals surface area contributed by atoms with E-state index in [1.165, 1.54) is 29.5 Å².